The number of rotatable bonds is 7. The number of likely N-dealkylation sites (tertiary alicyclic amines) is 2. The standard InChI is InChI=1S/C36H54F2N4O4/c1-8-39(7)33(44)30-19-25(42(34(45)31-10-9-17-46-31)24-13-15-36(5,6)16-14-24)20-41(30)32(43)28-22-40(35(2,3)4)21-27(28)26-12-11-23(37)18-29(26)38/h11-12,18,24-25,27-28,30-31H,8-10,13-17,19-22H2,1-7H3/t25-,27-,28+,30-,31-/m0/s1. The lowest BCUT2D eigenvalue weighted by Gasteiger charge is -2.43. The van der Waals surface area contributed by atoms with Crippen molar-refractivity contribution in [2.75, 3.05) is 39.8 Å². The van der Waals surface area contributed by atoms with Crippen LogP contribution in [-0.2, 0) is 19.1 Å². The van der Waals surface area contributed by atoms with E-state index in [1.165, 1.54) is 12.1 Å². The summed E-state index contributed by atoms with van der Waals surface area (Å²) in [6.07, 6.45) is 5.13. The average Bonchev–Trinajstić information content (AvgIpc) is 3.77. The number of nitrogens with zero attached hydrogens (tertiary/aromatic N) is 4. The van der Waals surface area contributed by atoms with Gasteiger partial charge in [0.2, 0.25) is 11.8 Å². The second-order valence-corrected chi connectivity index (χ2v) is 15.8. The van der Waals surface area contributed by atoms with Gasteiger partial charge in [-0.05, 0) is 89.7 Å². The van der Waals surface area contributed by atoms with E-state index in [1.54, 1.807) is 16.8 Å². The lowest BCUT2D eigenvalue weighted by molar-refractivity contribution is -0.148. The lowest BCUT2D eigenvalue weighted by Crippen LogP contribution is -2.53. The number of benzene rings is 1. The van der Waals surface area contributed by atoms with Crippen LogP contribution in [0.5, 0.6) is 0 Å². The molecular formula is C36H54F2N4O4. The molecule has 8 nitrogen and oxygen atoms in total. The topological polar surface area (TPSA) is 73.4 Å². The normalized spacial score (nSPS) is 28.9. The van der Waals surface area contributed by atoms with Gasteiger partial charge >= 0.3 is 0 Å². The predicted octanol–water partition coefficient (Wildman–Crippen LogP) is 5.20. The number of hydrogen-bond acceptors (Lipinski definition) is 5. The van der Waals surface area contributed by atoms with Crippen LogP contribution in [0.2, 0.25) is 0 Å². The highest BCUT2D eigenvalue weighted by molar-refractivity contribution is 5.90. The van der Waals surface area contributed by atoms with Gasteiger partial charge in [-0.1, -0.05) is 19.9 Å². The second-order valence-electron chi connectivity index (χ2n) is 15.8. The maximum Gasteiger partial charge on any atom is 0.252 e. The summed E-state index contributed by atoms with van der Waals surface area (Å²) in [5.74, 6) is -2.84. The van der Waals surface area contributed by atoms with Crippen molar-refractivity contribution in [1.82, 2.24) is 19.6 Å². The second kappa shape index (κ2) is 13.5. The molecule has 3 saturated heterocycles. The Kier molecular flexibility index (Phi) is 10.2. The van der Waals surface area contributed by atoms with Crippen LogP contribution in [0.1, 0.15) is 98.0 Å². The zero-order valence-corrected chi connectivity index (χ0v) is 28.9. The molecule has 46 heavy (non-hydrogen) atoms. The first-order valence-electron chi connectivity index (χ1n) is 17.3. The molecule has 0 N–H and O–H groups in total. The van der Waals surface area contributed by atoms with Crippen LogP contribution in [0.4, 0.5) is 8.78 Å². The van der Waals surface area contributed by atoms with E-state index < -0.39 is 35.6 Å². The van der Waals surface area contributed by atoms with Crippen molar-refractivity contribution in [3.8, 4) is 0 Å². The minimum atomic E-state index is -0.732. The molecule has 3 heterocycles. The maximum atomic E-state index is 15.3. The Morgan fingerprint density at radius 3 is 2.28 bits per heavy atom. The largest absolute Gasteiger partial charge is 0.368 e. The van der Waals surface area contributed by atoms with Crippen molar-refractivity contribution in [2.24, 2.45) is 11.3 Å². The molecule has 5 rings (SSSR count). The smallest absolute Gasteiger partial charge is 0.252 e. The number of halogens is 2. The van der Waals surface area contributed by atoms with E-state index in [9.17, 15) is 18.8 Å². The Morgan fingerprint density at radius 2 is 1.70 bits per heavy atom. The Balaban J connectivity index is 1.49. The van der Waals surface area contributed by atoms with Gasteiger partial charge in [-0.3, -0.25) is 19.3 Å². The summed E-state index contributed by atoms with van der Waals surface area (Å²) in [5, 5.41) is 0. The van der Waals surface area contributed by atoms with Crippen LogP contribution in [-0.4, -0.2) is 107 Å². The predicted molar refractivity (Wildman–Crippen MR) is 173 cm³/mol. The van der Waals surface area contributed by atoms with E-state index in [0.29, 0.717) is 44.6 Å². The van der Waals surface area contributed by atoms with Gasteiger partial charge in [0.1, 0.15) is 23.8 Å². The Morgan fingerprint density at radius 1 is 1.00 bits per heavy atom. The lowest BCUT2D eigenvalue weighted by atomic mass is 9.75. The van der Waals surface area contributed by atoms with Gasteiger partial charge in [-0.2, -0.15) is 0 Å². The third kappa shape index (κ3) is 7.13. The SMILES string of the molecule is CCN(C)C(=O)[C@@H]1C[C@H](N(C(=O)[C@@H]2CCCO2)C2CCC(C)(C)CC2)CN1C(=O)[C@@H]1CN(C(C)(C)C)C[C@H]1c1ccc(F)cc1F. The van der Waals surface area contributed by atoms with Crippen molar-refractivity contribution >= 4 is 17.7 Å². The number of likely N-dealkylation sites (N-methyl/N-ethyl adjacent to an activating group) is 1. The van der Waals surface area contributed by atoms with Gasteiger partial charge in [0.05, 0.1) is 12.0 Å². The number of carbonyl (C=O) groups is 3. The minimum Gasteiger partial charge on any atom is -0.368 e. The average molecular weight is 645 g/mol. The third-order valence-electron chi connectivity index (χ3n) is 11.2. The van der Waals surface area contributed by atoms with Gasteiger partial charge in [0, 0.05) is 63.4 Å². The highest BCUT2D eigenvalue weighted by Crippen LogP contribution is 2.42. The highest BCUT2D eigenvalue weighted by Gasteiger charge is 2.51. The molecule has 1 aromatic carbocycles. The van der Waals surface area contributed by atoms with Gasteiger partial charge in [-0.25, -0.2) is 8.78 Å². The number of carbonyl (C=O) groups excluding carboxylic acids is 3. The fourth-order valence-electron chi connectivity index (χ4n) is 8.09. The van der Waals surface area contributed by atoms with E-state index in [0.717, 1.165) is 38.2 Å². The summed E-state index contributed by atoms with van der Waals surface area (Å²) in [5.41, 5.74) is 0.242. The molecule has 0 unspecified atom stereocenters. The molecule has 0 radical (unpaired) electrons. The molecule has 5 atom stereocenters. The zero-order valence-electron chi connectivity index (χ0n) is 28.9. The Bertz CT molecular complexity index is 1280. The quantitative estimate of drug-likeness (QED) is 0.408. The van der Waals surface area contributed by atoms with Crippen molar-refractivity contribution < 1.29 is 27.9 Å². The molecule has 0 bridgehead atoms. The van der Waals surface area contributed by atoms with Gasteiger partial charge < -0.3 is 19.4 Å². The first-order chi connectivity index (χ1) is 21.6. The first-order valence-corrected chi connectivity index (χ1v) is 17.3. The number of hydrogen-bond donors (Lipinski definition) is 0. The first kappa shape index (κ1) is 34.7. The van der Waals surface area contributed by atoms with E-state index in [1.807, 2.05) is 11.8 Å². The summed E-state index contributed by atoms with van der Waals surface area (Å²) in [6.45, 7) is 14.8. The molecule has 1 saturated carbocycles. The Hall–Kier alpha value is -2.59. The summed E-state index contributed by atoms with van der Waals surface area (Å²) in [7, 11) is 1.74. The van der Waals surface area contributed by atoms with Crippen LogP contribution in [0.15, 0.2) is 18.2 Å². The summed E-state index contributed by atoms with van der Waals surface area (Å²) in [6, 6.07) is 2.54. The van der Waals surface area contributed by atoms with Crippen LogP contribution in [0.25, 0.3) is 0 Å². The molecule has 3 aliphatic heterocycles. The van der Waals surface area contributed by atoms with Crippen molar-refractivity contribution in [1.29, 1.82) is 0 Å². The third-order valence-corrected chi connectivity index (χ3v) is 11.2. The molecule has 10 heteroatoms. The van der Waals surface area contributed by atoms with Crippen LogP contribution < -0.4 is 0 Å². The molecule has 4 fully saturated rings. The Labute approximate surface area is 273 Å². The maximum absolute atomic E-state index is 15.3. The molecule has 4 aliphatic rings. The van der Waals surface area contributed by atoms with Crippen molar-refractivity contribution in [2.45, 2.75) is 122 Å². The zero-order chi connectivity index (χ0) is 33.6. The van der Waals surface area contributed by atoms with Crippen molar-refractivity contribution in [3.63, 3.8) is 0 Å². The van der Waals surface area contributed by atoms with E-state index in [-0.39, 0.29) is 47.3 Å². The molecular weight excluding hydrogens is 590 g/mol. The molecule has 0 aromatic heterocycles. The summed E-state index contributed by atoms with van der Waals surface area (Å²) < 4.78 is 35.1. The molecule has 0 spiro atoms. The van der Waals surface area contributed by atoms with Gasteiger partial charge in [0.15, 0.2) is 0 Å². The highest BCUT2D eigenvalue weighted by atomic mass is 19.1. The summed E-state index contributed by atoms with van der Waals surface area (Å²) >= 11 is 0. The summed E-state index contributed by atoms with van der Waals surface area (Å²) in [4.78, 5) is 50.3. The van der Waals surface area contributed by atoms with E-state index in [4.69, 9.17) is 4.74 Å². The molecule has 1 aliphatic carbocycles. The van der Waals surface area contributed by atoms with Gasteiger partial charge in [-0.15, -0.1) is 0 Å². The number of amides is 3. The fourth-order valence-corrected chi connectivity index (χ4v) is 8.09. The molecule has 3 amide bonds. The van der Waals surface area contributed by atoms with Crippen LogP contribution in [0.3, 0.4) is 0 Å². The monoisotopic (exact) mass is 644 g/mol. The molecule has 256 valence electrons. The fraction of sp³-hybridized carbons (Fsp3) is 0.750. The van der Waals surface area contributed by atoms with Crippen LogP contribution >= 0.6 is 0 Å². The van der Waals surface area contributed by atoms with Gasteiger partial charge in [0.25, 0.3) is 5.91 Å². The molecule has 1 aromatic rings. The van der Waals surface area contributed by atoms with E-state index in [2.05, 4.69) is 39.5 Å². The number of ether oxygens (including phenoxy) is 1. The van der Waals surface area contributed by atoms with Crippen LogP contribution in [0, 0.1) is 23.0 Å². The minimum absolute atomic E-state index is 0.0216. The van der Waals surface area contributed by atoms with Crippen molar-refractivity contribution in [3.05, 3.63) is 35.4 Å². The van der Waals surface area contributed by atoms with E-state index >= 15 is 4.39 Å².